The first-order chi connectivity index (χ1) is 10.7. The van der Waals surface area contributed by atoms with Crippen LogP contribution in [-0.2, 0) is 18.0 Å². The highest BCUT2D eigenvalue weighted by Gasteiger charge is 2.23. The standard InChI is InChI=1S/C19H17PS2/c21-19-14-8-7-9-16(19)15-20(22,17-10-3-1-4-11-17)18-12-5-2-6-13-18/h1-14,21H,15H2. The summed E-state index contributed by atoms with van der Waals surface area (Å²) in [5.41, 5.74) is 1.22. The molecule has 0 spiro atoms. The van der Waals surface area contributed by atoms with Crippen LogP contribution in [0.5, 0.6) is 0 Å². The zero-order valence-electron chi connectivity index (χ0n) is 12.1. The molecule has 0 unspecified atom stereocenters. The van der Waals surface area contributed by atoms with Crippen molar-refractivity contribution in [3.63, 3.8) is 0 Å². The second-order valence-corrected chi connectivity index (χ2v) is 10.4. The number of hydrogen-bond donors (Lipinski definition) is 1. The fourth-order valence-corrected chi connectivity index (χ4v) is 6.79. The second kappa shape index (κ2) is 6.83. The number of hydrogen-bond acceptors (Lipinski definition) is 2. The van der Waals surface area contributed by atoms with Crippen molar-refractivity contribution in [2.75, 3.05) is 0 Å². The monoisotopic (exact) mass is 340 g/mol. The smallest absolute Gasteiger partial charge is 0.0148 e. The van der Waals surface area contributed by atoms with Crippen molar-refractivity contribution in [1.29, 1.82) is 0 Å². The van der Waals surface area contributed by atoms with Gasteiger partial charge in [0.05, 0.1) is 0 Å². The third-order valence-electron chi connectivity index (χ3n) is 3.73. The van der Waals surface area contributed by atoms with Crippen LogP contribution in [0, 0.1) is 0 Å². The molecule has 3 aromatic carbocycles. The van der Waals surface area contributed by atoms with Gasteiger partial charge in [0.15, 0.2) is 0 Å². The van der Waals surface area contributed by atoms with Crippen LogP contribution in [0.4, 0.5) is 0 Å². The minimum absolute atomic E-state index is 0.857. The molecule has 0 atom stereocenters. The molecule has 0 amide bonds. The van der Waals surface area contributed by atoms with E-state index in [1.807, 2.05) is 24.3 Å². The van der Waals surface area contributed by atoms with Crippen LogP contribution >= 0.6 is 18.7 Å². The molecule has 0 nitrogen and oxygen atoms in total. The summed E-state index contributed by atoms with van der Waals surface area (Å²) in [5.74, 6) is 0. The maximum atomic E-state index is 6.25. The summed E-state index contributed by atoms with van der Waals surface area (Å²) in [4.78, 5) is 1.02. The summed E-state index contributed by atoms with van der Waals surface area (Å²) in [5, 5.41) is 2.51. The lowest BCUT2D eigenvalue weighted by molar-refractivity contribution is 1.27. The van der Waals surface area contributed by atoms with Gasteiger partial charge in [0.1, 0.15) is 0 Å². The van der Waals surface area contributed by atoms with E-state index in [-0.39, 0.29) is 0 Å². The first-order valence-electron chi connectivity index (χ1n) is 7.17. The SMILES string of the molecule is S=P(Cc1ccccc1S)(c1ccccc1)c1ccccc1. The van der Waals surface area contributed by atoms with E-state index in [9.17, 15) is 0 Å². The lowest BCUT2D eigenvalue weighted by atomic mass is 10.2. The van der Waals surface area contributed by atoms with Gasteiger partial charge in [-0.2, -0.15) is 0 Å². The summed E-state index contributed by atoms with van der Waals surface area (Å²) in [6.07, 6.45) is 0.857. The minimum atomic E-state index is -1.89. The maximum absolute atomic E-state index is 6.25. The summed E-state index contributed by atoms with van der Waals surface area (Å²) >= 11 is 10.9. The van der Waals surface area contributed by atoms with Crippen LogP contribution in [0.3, 0.4) is 0 Å². The molecule has 0 saturated carbocycles. The molecule has 3 heteroatoms. The predicted molar refractivity (Wildman–Crippen MR) is 104 cm³/mol. The van der Waals surface area contributed by atoms with E-state index < -0.39 is 6.04 Å². The molecular formula is C19H17PS2. The van der Waals surface area contributed by atoms with Gasteiger partial charge in [-0.05, 0) is 22.2 Å². The average Bonchev–Trinajstić information content (AvgIpc) is 2.58. The minimum Gasteiger partial charge on any atom is -0.143 e. The first kappa shape index (κ1) is 15.6. The predicted octanol–water partition coefficient (Wildman–Crippen LogP) is 4.61. The first-order valence-corrected chi connectivity index (χ1v) is 10.6. The van der Waals surface area contributed by atoms with E-state index in [0.717, 1.165) is 11.1 Å². The van der Waals surface area contributed by atoms with Gasteiger partial charge in [-0.15, -0.1) is 12.6 Å². The molecule has 3 aromatic rings. The Hall–Kier alpha value is -1.34. The summed E-state index contributed by atoms with van der Waals surface area (Å²) < 4.78 is 0. The Morgan fingerprint density at radius 1 is 0.682 bits per heavy atom. The fraction of sp³-hybridized carbons (Fsp3) is 0.0526. The molecule has 22 heavy (non-hydrogen) atoms. The number of thiol groups is 1. The Morgan fingerprint density at radius 2 is 1.14 bits per heavy atom. The van der Waals surface area contributed by atoms with Gasteiger partial charge < -0.3 is 0 Å². The van der Waals surface area contributed by atoms with E-state index in [1.165, 1.54) is 16.2 Å². The average molecular weight is 340 g/mol. The Bertz CT molecular complexity index is 754. The largest absolute Gasteiger partial charge is 0.143 e. The molecule has 0 aromatic heterocycles. The summed E-state index contributed by atoms with van der Waals surface area (Å²) in [6, 6.07) is 27.4. The molecule has 0 aliphatic heterocycles. The van der Waals surface area contributed by atoms with Crippen LogP contribution in [0.2, 0.25) is 0 Å². The molecule has 0 N–H and O–H groups in total. The summed E-state index contributed by atoms with van der Waals surface area (Å²) in [7, 11) is 0. The lowest BCUT2D eigenvalue weighted by Gasteiger charge is -2.24. The Kier molecular flexibility index (Phi) is 4.83. The quantitative estimate of drug-likeness (QED) is 0.535. The molecule has 110 valence electrons. The van der Waals surface area contributed by atoms with Crippen LogP contribution in [0.25, 0.3) is 0 Å². The van der Waals surface area contributed by atoms with Crippen LogP contribution in [0.1, 0.15) is 5.56 Å². The van der Waals surface area contributed by atoms with Gasteiger partial charge in [0, 0.05) is 17.1 Å². The lowest BCUT2D eigenvalue weighted by Crippen LogP contribution is -2.17. The van der Waals surface area contributed by atoms with Gasteiger partial charge in [0.25, 0.3) is 0 Å². The molecular weight excluding hydrogens is 323 g/mol. The zero-order valence-corrected chi connectivity index (χ0v) is 14.7. The van der Waals surface area contributed by atoms with E-state index >= 15 is 0 Å². The molecule has 0 fully saturated rings. The van der Waals surface area contributed by atoms with Gasteiger partial charge in [-0.25, -0.2) is 0 Å². The Balaban J connectivity index is 2.13. The molecule has 0 aliphatic carbocycles. The number of benzene rings is 3. The highest BCUT2D eigenvalue weighted by molar-refractivity contribution is 8.21. The van der Waals surface area contributed by atoms with Crippen molar-refractivity contribution in [2.24, 2.45) is 0 Å². The third kappa shape index (κ3) is 3.20. The highest BCUT2D eigenvalue weighted by atomic mass is 32.4. The highest BCUT2D eigenvalue weighted by Crippen LogP contribution is 2.48. The molecule has 0 radical (unpaired) electrons. The maximum Gasteiger partial charge on any atom is 0.0148 e. The van der Waals surface area contributed by atoms with Crippen LogP contribution in [0.15, 0.2) is 89.8 Å². The van der Waals surface area contributed by atoms with Gasteiger partial charge in [-0.3, -0.25) is 0 Å². The van der Waals surface area contributed by atoms with Crippen LogP contribution < -0.4 is 10.6 Å². The van der Waals surface area contributed by atoms with Crippen LogP contribution in [-0.4, -0.2) is 0 Å². The van der Waals surface area contributed by atoms with Gasteiger partial charge in [-0.1, -0.05) is 90.7 Å². The van der Waals surface area contributed by atoms with E-state index in [2.05, 4.69) is 73.3 Å². The topological polar surface area (TPSA) is 0 Å². The molecule has 0 heterocycles. The molecule has 0 aliphatic rings. The van der Waals surface area contributed by atoms with Gasteiger partial charge >= 0.3 is 0 Å². The van der Waals surface area contributed by atoms with Crippen molar-refractivity contribution < 1.29 is 0 Å². The van der Waals surface area contributed by atoms with Crippen molar-refractivity contribution in [1.82, 2.24) is 0 Å². The van der Waals surface area contributed by atoms with Crippen molar-refractivity contribution in [2.45, 2.75) is 11.1 Å². The summed E-state index contributed by atoms with van der Waals surface area (Å²) in [6.45, 7) is 0. The second-order valence-electron chi connectivity index (χ2n) is 5.20. The molecule has 0 bridgehead atoms. The van der Waals surface area contributed by atoms with Crippen molar-refractivity contribution >= 4 is 41.1 Å². The normalized spacial score (nSPS) is 11.3. The van der Waals surface area contributed by atoms with E-state index in [0.29, 0.717) is 0 Å². The Morgan fingerprint density at radius 3 is 1.64 bits per heavy atom. The Labute approximate surface area is 142 Å². The van der Waals surface area contributed by atoms with E-state index in [1.54, 1.807) is 0 Å². The van der Waals surface area contributed by atoms with Crippen molar-refractivity contribution in [3.8, 4) is 0 Å². The van der Waals surface area contributed by atoms with Gasteiger partial charge in [0.2, 0.25) is 0 Å². The third-order valence-corrected chi connectivity index (χ3v) is 8.87. The fourth-order valence-electron chi connectivity index (χ4n) is 2.55. The zero-order chi connectivity index (χ0) is 15.4. The van der Waals surface area contributed by atoms with E-state index in [4.69, 9.17) is 11.8 Å². The molecule has 0 saturated heterocycles. The van der Waals surface area contributed by atoms with Crippen molar-refractivity contribution in [3.05, 3.63) is 90.5 Å². The number of rotatable bonds is 4. The molecule has 3 rings (SSSR count).